The summed E-state index contributed by atoms with van der Waals surface area (Å²) in [7, 11) is -4.58. The van der Waals surface area contributed by atoms with Crippen LogP contribution in [0, 0.1) is 23.1 Å². The minimum Gasteiger partial charge on any atom is -0.368 e. The lowest BCUT2D eigenvalue weighted by molar-refractivity contribution is 0.198. The van der Waals surface area contributed by atoms with Gasteiger partial charge < -0.3 is 15.0 Å². The van der Waals surface area contributed by atoms with Gasteiger partial charge in [-0.15, -0.1) is 0 Å². The van der Waals surface area contributed by atoms with E-state index in [1.165, 1.54) is 18.2 Å². The third kappa shape index (κ3) is 6.10. The molecule has 1 aliphatic rings. The van der Waals surface area contributed by atoms with Crippen molar-refractivity contribution in [2.24, 2.45) is 17.0 Å². The summed E-state index contributed by atoms with van der Waals surface area (Å²) in [4.78, 5) is 0.578. The Bertz CT molecular complexity index is 1800. The summed E-state index contributed by atoms with van der Waals surface area (Å²) in [5, 5.41) is 25.7. The van der Waals surface area contributed by atoms with E-state index in [9.17, 15) is 14.8 Å². The first-order valence-electron chi connectivity index (χ1n) is 15.3. The van der Waals surface area contributed by atoms with E-state index in [0.717, 1.165) is 15.9 Å². The predicted molar refractivity (Wildman–Crippen MR) is 182 cm³/mol. The number of fused-ring (bicyclic) bond motifs is 1. The molecule has 2 heterocycles. The maximum Gasteiger partial charge on any atom is 0.262 e. The molecule has 1 aromatic heterocycles. The van der Waals surface area contributed by atoms with Crippen LogP contribution in [0.5, 0.6) is 0 Å². The van der Waals surface area contributed by atoms with Gasteiger partial charge >= 0.3 is 0 Å². The molecule has 3 aromatic carbocycles. The van der Waals surface area contributed by atoms with Gasteiger partial charge in [-0.2, -0.15) is 5.26 Å². The van der Waals surface area contributed by atoms with Crippen molar-refractivity contribution in [2.75, 3.05) is 5.32 Å². The van der Waals surface area contributed by atoms with Gasteiger partial charge in [0.25, 0.3) is 8.24 Å². The predicted octanol–water partition coefficient (Wildman–Crippen LogP) is 6.00. The van der Waals surface area contributed by atoms with E-state index < -0.39 is 30.2 Å². The highest BCUT2D eigenvalue weighted by Crippen LogP contribution is 2.40. The molecule has 0 spiro atoms. The number of aryl methyl sites for hydroxylation is 1. The fourth-order valence-corrected chi connectivity index (χ4v) is 15.7. The highest BCUT2D eigenvalue weighted by molar-refractivity contribution is 7.92. The summed E-state index contributed by atoms with van der Waals surface area (Å²) >= 11 is 0. The van der Waals surface area contributed by atoms with Gasteiger partial charge in [0.1, 0.15) is 21.8 Å². The van der Waals surface area contributed by atoms with Crippen molar-refractivity contribution in [3.63, 3.8) is 0 Å². The standard InChI is InChI=1S/C35H42FN5O2SSi/c1-24(2)31-20-18-29-32(23-41(6)33(29)34(42)38-26-17-19-30(36)25(21-26)22-37)44(43,39-31)40-45(35(3,4)5,27-13-9-7-10-14-27)28-15-11-8-12-16-28/h7-17,19,21,23-24,31,34,38,42H,18,20H2,1-6H3,(H,39,40,43)/t31-,34?,44?/m1/s1. The lowest BCUT2D eigenvalue weighted by Crippen LogP contribution is -2.64. The number of nitrogens with one attached hydrogen (secondary N) is 2. The van der Waals surface area contributed by atoms with Gasteiger partial charge in [0.05, 0.1) is 16.2 Å². The van der Waals surface area contributed by atoms with Crippen LogP contribution >= 0.6 is 0 Å². The van der Waals surface area contributed by atoms with Crippen molar-refractivity contribution < 1.29 is 13.7 Å². The third-order valence-electron chi connectivity index (χ3n) is 8.80. The average Bonchev–Trinajstić information content (AvgIpc) is 3.28. The van der Waals surface area contributed by atoms with Crippen LogP contribution in [0.3, 0.4) is 0 Å². The second-order valence-corrected chi connectivity index (χ2v) is 19.7. The van der Waals surface area contributed by atoms with Crippen LogP contribution in [0.2, 0.25) is 5.04 Å². The molecule has 5 rings (SSSR count). The second-order valence-electron chi connectivity index (χ2n) is 13.1. The zero-order valence-electron chi connectivity index (χ0n) is 26.7. The lowest BCUT2D eigenvalue weighted by Gasteiger charge is -2.40. The Morgan fingerprint density at radius 2 is 1.69 bits per heavy atom. The van der Waals surface area contributed by atoms with E-state index in [0.29, 0.717) is 29.1 Å². The van der Waals surface area contributed by atoms with Gasteiger partial charge in [-0.25, -0.2) is 17.3 Å². The Morgan fingerprint density at radius 1 is 1.09 bits per heavy atom. The number of aromatic nitrogens is 1. The van der Waals surface area contributed by atoms with Gasteiger partial charge in [0.15, 0.2) is 6.23 Å². The number of nitriles is 1. The molecule has 0 amide bonds. The van der Waals surface area contributed by atoms with Crippen molar-refractivity contribution in [3.05, 3.63) is 108 Å². The first-order chi connectivity index (χ1) is 21.3. The van der Waals surface area contributed by atoms with Crippen LogP contribution in [-0.4, -0.2) is 28.2 Å². The van der Waals surface area contributed by atoms with E-state index in [1.54, 1.807) is 4.57 Å². The van der Waals surface area contributed by atoms with E-state index in [4.69, 9.17) is 4.03 Å². The fourth-order valence-electron chi connectivity index (χ4n) is 6.44. The lowest BCUT2D eigenvalue weighted by atomic mass is 9.97. The molecule has 45 heavy (non-hydrogen) atoms. The van der Waals surface area contributed by atoms with E-state index in [1.807, 2.05) is 55.7 Å². The number of rotatable bonds is 7. The average molecular weight is 644 g/mol. The van der Waals surface area contributed by atoms with Crippen LogP contribution in [0.4, 0.5) is 10.1 Å². The molecule has 0 aliphatic carbocycles. The number of hydrogen-bond donors (Lipinski definition) is 3. The zero-order chi connectivity index (χ0) is 32.6. The zero-order valence-corrected chi connectivity index (χ0v) is 28.5. The van der Waals surface area contributed by atoms with E-state index in [-0.39, 0.29) is 22.6 Å². The van der Waals surface area contributed by atoms with Crippen molar-refractivity contribution in [3.8, 4) is 6.07 Å². The molecule has 3 N–H and O–H groups in total. The topological polar surface area (TPSA) is 102 Å². The summed E-state index contributed by atoms with van der Waals surface area (Å²) in [6.07, 6.45) is 1.92. The quantitative estimate of drug-likeness (QED) is 0.170. The summed E-state index contributed by atoms with van der Waals surface area (Å²) in [5.74, 6) is -0.436. The Balaban J connectivity index is 1.77. The van der Waals surface area contributed by atoms with Crippen molar-refractivity contribution in [1.82, 2.24) is 9.29 Å². The molecule has 3 atom stereocenters. The molecule has 0 saturated carbocycles. The minimum absolute atomic E-state index is 0.0783. The molecule has 0 saturated heterocycles. The number of hydrogen-bond acceptors (Lipinski definition) is 5. The molecule has 0 fully saturated rings. The minimum atomic E-state index is -3.26. The van der Waals surface area contributed by atoms with Crippen LogP contribution in [0.1, 0.15) is 64.1 Å². The second kappa shape index (κ2) is 12.6. The Labute approximate surface area is 267 Å². The monoisotopic (exact) mass is 643 g/mol. The number of nitrogens with zero attached hydrogens (tertiary/aromatic N) is 3. The van der Waals surface area contributed by atoms with Gasteiger partial charge in [0, 0.05) is 25.0 Å². The smallest absolute Gasteiger partial charge is 0.262 e. The van der Waals surface area contributed by atoms with Crippen LogP contribution in [0.15, 0.2) is 94.0 Å². The largest absolute Gasteiger partial charge is 0.368 e. The maximum absolute atomic E-state index is 15.8. The highest BCUT2D eigenvalue weighted by Gasteiger charge is 2.51. The number of anilines is 1. The number of halogens is 1. The summed E-state index contributed by atoms with van der Waals surface area (Å²) in [5.41, 5.74) is 1.63. The van der Waals surface area contributed by atoms with Crippen molar-refractivity contribution in [2.45, 2.75) is 69.7 Å². The molecule has 1 aliphatic heterocycles. The van der Waals surface area contributed by atoms with Gasteiger partial charge in [-0.05, 0) is 57.9 Å². The summed E-state index contributed by atoms with van der Waals surface area (Å²) in [6, 6.07) is 26.3. The van der Waals surface area contributed by atoms with Crippen molar-refractivity contribution >= 4 is 34.2 Å². The molecular weight excluding hydrogens is 602 g/mol. The number of benzene rings is 3. The first-order valence-corrected chi connectivity index (χ1v) is 18.8. The SMILES string of the molecule is CC(C)[C@H]1CCc2c(cn(C)c2C(O)Nc2ccc(F)c(C#N)c2)S(=O)(=N[Si](c2ccccc2)(c2ccccc2)C(C)(C)C)N1. The van der Waals surface area contributed by atoms with Crippen LogP contribution in [0.25, 0.3) is 0 Å². The van der Waals surface area contributed by atoms with Crippen LogP contribution in [-0.2, 0) is 23.4 Å². The molecule has 10 heteroatoms. The van der Waals surface area contributed by atoms with E-state index in [2.05, 4.69) is 68.9 Å². The highest BCUT2D eigenvalue weighted by atomic mass is 32.2. The Hall–Kier alpha value is -3.75. The van der Waals surface area contributed by atoms with Gasteiger partial charge in [0.2, 0.25) is 0 Å². The normalized spacial score (nSPS) is 19.3. The van der Waals surface area contributed by atoms with Gasteiger partial charge in [-0.1, -0.05) is 95.3 Å². The maximum atomic E-state index is 15.8. The molecule has 0 radical (unpaired) electrons. The Morgan fingerprint density at radius 3 is 2.22 bits per heavy atom. The third-order valence-corrected chi connectivity index (χ3v) is 17.0. The molecular formula is C35H42FN5O2SSi. The number of aliphatic hydroxyl groups excluding tert-OH is 1. The molecule has 2 unspecified atom stereocenters. The van der Waals surface area contributed by atoms with Crippen LogP contribution < -0.4 is 20.4 Å². The molecule has 7 nitrogen and oxygen atoms in total. The first kappa shape index (κ1) is 32.6. The van der Waals surface area contributed by atoms with Gasteiger partial charge in [-0.3, -0.25) is 0 Å². The molecule has 0 bridgehead atoms. The summed E-state index contributed by atoms with van der Waals surface area (Å²) < 4.78 is 40.8. The van der Waals surface area contributed by atoms with E-state index >= 15 is 4.21 Å². The summed E-state index contributed by atoms with van der Waals surface area (Å²) in [6.45, 7) is 10.8. The molecule has 236 valence electrons. The van der Waals surface area contributed by atoms with Crippen molar-refractivity contribution in [1.29, 1.82) is 5.26 Å². The number of aliphatic hydroxyl groups is 1. The Kier molecular flexibility index (Phi) is 9.11. The molecule has 4 aromatic rings. The fraction of sp³-hybridized carbons (Fsp3) is 0.343.